The predicted octanol–water partition coefficient (Wildman–Crippen LogP) is 1.65. The maximum absolute atomic E-state index is 5.26. The summed E-state index contributed by atoms with van der Waals surface area (Å²) in [6.07, 6.45) is 4.89. The molecular formula is C9H10N4OS. The smallest absolute Gasteiger partial charge is 0.255 e. The molecule has 2 aromatic heterocycles. The highest BCUT2D eigenvalue weighted by Gasteiger charge is 2.00. The van der Waals surface area contributed by atoms with Gasteiger partial charge in [-0.1, -0.05) is 11.8 Å². The summed E-state index contributed by atoms with van der Waals surface area (Å²) in [5.74, 6) is 6.69. The molecule has 2 heterocycles. The number of oxazole rings is 1. The summed E-state index contributed by atoms with van der Waals surface area (Å²) in [6, 6.07) is 3.81. The van der Waals surface area contributed by atoms with Crippen LogP contribution in [0.25, 0.3) is 0 Å². The lowest BCUT2D eigenvalue weighted by atomic mass is 10.3. The number of anilines is 1. The van der Waals surface area contributed by atoms with Crippen molar-refractivity contribution in [2.45, 2.75) is 11.0 Å². The van der Waals surface area contributed by atoms with Crippen molar-refractivity contribution in [2.75, 3.05) is 5.43 Å². The molecule has 0 fully saturated rings. The molecule has 15 heavy (non-hydrogen) atoms. The SMILES string of the molecule is NNc1cc(CSc2ncco2)ccn1. The number of rotatable bonds is 4. The highest BCUT2D eigenvalue weighted by molar-refractivity contribution is 7.98. The maximum Gasteiger partial charge on any atom is 0.255 e. The van der Waals surface area contributed by atoms with Crippen molar-refractivity contribution in [1.82, 2.24) is 9.97 Å². The number of hydrazine groups is 1. The minimum atomic E-state index is 0.653. The quantitative estimate of drug-likeness (QED) is 0.465. The van der Waals surface area contributed by atoms with Crippen LogP contribution in [0.3, 0.4) is 0 Å². The number of thioether (sulfide) groups is 1. The van der Waals surface area contributed by atoms with E-state index in [-0.39, 0.29) is 0 Å². The molecule has 2 aromatic rings. The third-order valence-electron chi connectivity index (χ3n) is 1.74. The fraction of sp³-hybridized carbons (Fsp3) is 0.111. The number of aromatic nitrogens is 2. The summed E-state index contributed by atoms with van der Waals surface area (Å²) >= 11 is 1.53. The Hall–Kier alpha value is -1.53. The molecule has 0 amide bonds. The average Bonchev–Trinajstić information content (AvgIpc) is 2.79. The van der Waals surface area contributed by atoms with Crippen LogP contribution >= 0.6 is 11.8 Å². The summed E-state index contributed by atoms with van der Waals surface area (Å²) < 4.78 is 5.11. The standard InChI is InChI=1S/C9H10N4OS/c10-13-8-5-7(1-2-11-8)6-15-9-12-3-4-14-9/h1-5H,6,10H2,(H,11,13). The zero-order valence-corrected chi connectivity index (χ0v) is 8.70. The fourth-order valence-electron chi connectivity index (χ4n) is 1.07. The van der Waals surface area contributed by atoms with Gasteiger partial charge < -0.3 is 9.84 Å². The number of nitrogen functional groups attached to an aromatic ring is 1. The second kappa shape index (κ2) is 4.81. The first kappa shape index (κ1) is 10.0. The Labute approximate surface area is 91.1 Å². The molecule has 5 nitrogen and oxygen atoms in total. The molecule has 78 valence electrons. The molecule has 0 aliphatic heterocycles. The average molecular weight is 222 g/mol. The molecule has 0 aromatic carbocycles. The number of hydrogen-bond donors (Lipinski definition) is 2. The monoisotopic (exact) mass is 222 g/mol. The summed E-state index contributed by atoms with van der Waals surface area (Å²) in [7, 11) is 0. The van der Waals surface area contributed by atoms with Gasteiger partial charge in [-0.05, 0) is 17.7 Å². The van der Waals surface area contributed by atoms with Crippen LogP contribution in [0.4, 0.5) is 5.82 Å². The molecule has 3 N–H and O–H groups in total. The first-order valence-corrected chi connectivity index (χ1v) is 5.31. The number of nitrogens with zero attached hydrogens (tertiary/aromatic N) is 2. The number of nitrogens with one attached hydrogen (secondary N) is 1. The van der Waals surface area contributed by atoms with Crippen molar-refractivity contribution in [3.8, 4) is 0 Å². The number of hydrogen-bond acceptors (Lipinski definition) is 6. The minimum absolute atomic E-state index is 0.653. The lowest BCUT2D eigenvalue weighted by Gasteiger charge is -2.01. The van der Waals surface area contributed by atoms with Gasteiger partial charge >= 0.3 is 0 Å². The maximum atomic E-state index is 5.26. The van der Waals surface area contributed by atoms with Crippen LogP contribution in [0, 0.1) is 0 Å². The molecule has 0 saturated carbocycles. The zero-order chi connectivity index (χ0) is 10.5. The zero-order valence-electron chi connectivity index (χ0n) is 7.88. The van der Waals surface area contributed by atoms with E-state index in [9.17, 15) is 0 Å². The van der Waals surface area contributed by atoms with E-state index in [0.29, 0.717) is 11.0 Å². The summed E-state index contributed by atoms with van der Waals surface area (Å²) in [5, 5.41) is 0.661. The van der Waals surface area contributed by atoms with Crippen molar-refractivity contribution >= 4 is 17.6 Å². The Kier molecular flexibility index (Phi) is 3.21. The van der Waals surface area contributed by atoms with Gasteiger partial charge in [0.1, 0.15) is 12.1 Å². The number of pyridine rings is 1. The summed E-state index contributed by atoms with van der Waals surface area (Å²) in [4.78, 5) is 8.03. The van der Waals surface area contributed by atoms with Gasteiger partial charge in [-0.3, -0.25) is 0 Å². The molecule has 0 unspecified atom stereocenters. The molecule has 0 bridgehead atoms. The van der Waals surface area contributed by atoms with Crippen molar-refractivity contribution in [3.63, 3.8) is 0 Å². The lowest BCUT2D eigenvalue weighted by molar-refractivity contribution is 0.454. The Balaban J connectivity index is 1.98. The molecule has 0 radical (unpaired) electrons. The third-order valence-corrected chi connectivity index (χ3v) is 2.67. The van der Waals surface area contributed by atoms with Crippen molar-refractivity contribution in [3.05, 3.63) is 36.4 Å². The highest BCUT2D eigenvalue weighted by atomic mass is 32.2. The second-order valence-electron chi connectivity index (χ2n) is 2.78. The van der Waals surface area contributed by atoms with E-state index >= 15 is 0 Å². The van der Waals surface area contributed by atoms with Crippen LogP contribution in [0.1, 0.15) is 5.56 Å². The van der Waals surface area contributed by atoms with Crippen LogP contribution in [0.15, 0.2) is 40.4 Å². The van der Waals surface area contributed by atoms with Gasteiger partial charge in [0.25, 0.3) is 5.22 Å². The van der Waals surface area contributed by atoms with Gasteiger partial charge in [-0.25, -0.2) is 15.8 Å². The van der Waals surface area contributed by atoms with Gasteiger partial charge in [0.2, 0.25) is 0 Å². The molecule has 0 atom stereocenters. The van der Waals surface area contributed by atoms with E-state index in [0.717, 1.165) is 11.3 Å². The topological polar surface area (TPSA) is 77.0 Å². The Morgan fingerprint density at radius 3 is 3.07 bits per heavy atom. The summed E-state index contributed by atoms with van der Waals surface area (Å²) in [6.45, 7) is 0. The van der Waals surface area contributed by atoms with Crippen molar-refractivity contribution in [1.29, 1.82) is 0 Å². The minimum Gasteiger partial charge on any atom is -0.440 e. The Morgan fingerprint density at radius 1 is 1.40 bits per heavy atom. The first-order valence-electron chi connectivity index (χ1n) is 4.32. The van der Waals surface area contributed by atoms with Crippen molar-refractivity contribution in [2.24, 2.45) is 5.84 Å². The number of nitrogens with two attached hydrogens (primary N) is 1. The van der Waals surface area contributed by atoms with E-state index in [1.165, 1.54) is 11.8 Å². The molecule has 0 aliphatic carbocycles. The Bertz CT molecular complexity index is 418. The second-order valence-corrected chi connectivity index (χ2v) is 3.71. The van der Waals surface area contributed by atoms with Gasteiger partial charge in [0, 0.05) is 11.9 Å². The summed E-state index contributed by atoms with van der Waals surface area (Å²) in [5.41, 5.74) is 3.61. The first-order chi connectivity index (χ1) is 7.38. The van der Waals surface area contributed by atoms with E-state index in [1.807, 2.05) is 12.1 Å². The van der Waals surface area contributed by atoms with Gasteiger partial charge in [-0.15, -0.1) is 0 Å². The third kappa shape index (κ3) is 2.71. The van der Waals surface area contributed by atoms with Crippen LogP contribution in [0.2, 0.25) is 0 Å². The fourth-order valence-corrected chi connectivity index (χ4v) is 1.80. The van der Waals surface area contributed by atoms with Gasteiger partial charge in [-0.2, -0.15) is 0 Å². The van der Waals surface area contributed by atoms with Gasteiger partial charge in [0.15, 0.2) is 0 Å². The predicted molar refractivity (Wildman–Crippen MR) is 58.1 cm³/mol. The molecule has 6 heteroatoms. The van der Waals surface area contributed by atoms with E-state index in [2.05, 4.69) is 15.4 Å². The molecule has 0 saturated heterocycles. The van der Waals surface area contributed by atoms with Gasteiger partial charge in [0.05, 0.1) is 6.20 Å². The normalized spacial score (nSPS) is 10.2. The lowest BCUT2D eigenvalue weighted by Crippen LogP contribution is -2.08. The largest absolute Gasteiger partial charge is 0.440 e. The van der Waals surface area contributed by atoms with Crippen LogP contribution in [-0.4, -0.2) is 9.97 Å². The van der Waals surface area contributed by atoms with E-state index in [1.54, 1.807) is 18.7 Å². The van der Waals surface area contributed by atoms with Crippen molar-refractivity contribution < 1.29 is 4.42 Å². The highest BCUT2D eigenvalue weighted by Crippen LogP contribution is 2.21. The van der Waals surface area contributed by atoms with Crippen LogP contribution in [-0.2, 0) is 5.75 Å². The molecule has 0 aliphatic rings. The van der Waals surface area contributed by atoms with Crippen LogP contribution < -0.4 is 11.3 Å². The molecule has 0 spiro atoms. The Morgan fingerprint density at radius 2 is 2.33 bits per heavy atom. The molecule has 2 rings (SSSR count). The molecular weight excluding hydrogens is 212 g/mol. The van der Waals surface area contributed by atoms with Crippen LogP contribution in [0.5, 0.6) is 0 Å². The van der Waals surface area contributed by atoms with E-state index in [4.69, 9.17) is 10.3 Å². The van der Waals surface area contributed by atoms with E-state index < -0.39 is 0 Å².